The molecule has 0 unspecified atom stereocenters. The van der Waals surface area contributed by atoms with E-state index in [0.717, 1.165) is 6.42 Å². The predicted molar refractivity (Wildman–Crippen MR) is 99.4 cm³/mol. The number of rotatable bonds is 10. The second-order valence-corrected chi connectivity index (χ2v) is 5.77. The van der Waals surface area contributed by atoms with E-state index in [4.69, 9.17) is 18.9 Å². The van der Waals surface area contributed by atoms with Crippen molar-refractivity contribution < 1.29 is 38.1 Å². The zero-order valence-corrected chi connectivity index (χ0v) is 16.7. The van der Waals surface area contributed by atoms with Crippen LogP contribution in [0.4, 0.5) is 0 Å². The molecule has 0 saturated carbocycles. The topological polar surface area (TPSA) is 105 Å². The van der Waals surface area contributed by atoms with Gasteiger partial charge in [-0.3, -0.25) is 14.4 Å². The summed E-state index contributed by atoms with van der Waals surface area (Å²) in [6, 6.07) is 2.45. The van der Waals surface area contributed by atoms with Crippen LogP contribution in [0.2, 0.25) is 0 Å². The third-order valence-electron chi connectivity index (χ3n) is 3.52. The van der Waals surface area contributed by atoms with Crippen molar-refractivity contribution >= 4 is 23.9 Å². The largest absolute Gasteiger partial charge is 0.462 e. The quantitative estimate of drug-likeness (QED) is 0.337. The van der Waals surface area contributed by atoms with E-state index in [2.05, 4.69) is 0 Å². The second-order valence-electron chi connectivity index (χ2n) is 5.77. The van der Waals surface area contributed by atoms with Crippen LogP contribution in [-0.4, -0.2) is 30.5 Å². The summed E-state index contributed by atoms with van der Waals surface area (Å²) in [6.45, 7) is 6.92. The number of carbonyl (C=O) groups is 4. The first-order valence-corrected chi connectivity index (χ1v) is 9.33. The van der Waals surface area contributed by atoms with Crippen LogP contribution in [0.5, 0.6) is 17.2 Å². The average Bonchev–Trinajstić information content (AvgIpc) is 2.69. The SMILES string of the molecule is CCCCOC(=O)c1cc(OC(=O)CC)c(OC(=O)CC)c(OC(=O)CC)c1. The highest BCUT2D eigenvalue weighted by molar-refractivity contribution is 5.92. The van der Waals surface area contributed by atoms with Crippen molar-refractivity contribution in [2.24, 2.45) is 0 Å². The van der Waals surface area contributed by atoms with Crippen LogP contribution < -0.4 is 14.2 Å². The molecule has 0 fully saturated rings. The summed E-state index contributed by atoms with van der Waals surface area (Å²) in [7, 11) is 0. The van der Waals surface area contributed by atoms with E-state index in [1.165, 1.54) is 12.1 Å². The summed E-state index contributed by atoms with van der Waals surface area (Å²) >= 11 is 0. The van der Waals surface area contributed by atoms with Gasteiger partial charge in [0.05, 0.1) is 12.2 Å². The molecule has 0 aliphatic heterocycles. The third-order valence-corrected chi connectivity index (χ3v) is 3.52. The van der Waals surface area contributed by atoms with E-state index in [-0.39, 0.29) is 48.7 Å². The van der Waals surface area contributed by atoms with Crippen molar-refractivity contribution in [1.82, 2.24) is 0 Å². The van der Waals surface area contributed by atoms with Crippen molar-refractivity contribution in [2.45, 2.75) is 59.8 Å². The molecule has 154 valence electrons. The third kappa shape index (κ3) is 7.02. The average molecular weight is 394 g/mol. The van der Waals surface area contributed by atoms with Gasteiger partial charge in [0.1, 0.15) is 0 Å². The fourth-order valence-electron chi connectivity index (χ4n) is 1.91. The van der Waals surface area contributed by atoms with E-state index in [1.807, 2.05) is 6.92 Å². The molecule has 1 rings (SSSR count). The summed E-state index contributed by atoms with van der Waals surface area (Å²) < 4.78 is 20.8. The first-order valence-electron chi connectivity index (χ1n) is 9.33. The molecular weight excluding hydrogens is 368 g/mol. The van der Waals surface area contributed by atoms with Gasteiger partial charge in [-0.2, -0.15) is 0 Å². The Morgan fingerprint density at radius 1 is 0.750 bits per heavy atom. The standard InChI is InChI=1S/C20H26O8/c1-5-9-10-25-20(24)13-11-14(26-16(21)6-2)19(28-18(23)8-4)15(12-13)27-17(22)7-3/h11-12H,5-10H2,1-4H3. The molecule has 0 spiro atoms. The Morgan fingerprint density at radius 2 is 1.21 bits per heavy atom. The van der Waals surface area contributed by atoms with Gasteiger partial charge in [-0.1, -0.05) is 34.1 Å². The van der Waals surface area contributed by atoms with E-state index in [0.29, 0.717) is 6.42 Å². The highest BCUT2D eigenvalue weighted by Gasteiger charge is 2.24. The van der Waals surface area contributed by atoms with Crippen LogP contribution in [0.1, 0.15) is 70.2 Å². The minimum Gasteiger partial charge on any atom is -0.462 e. The zero-order chi connectivity index (χ0) is 21.1. The molecule has 0 bridgehead atoms. The van der Waals surface area contributed by atoms with Gasteiger partial charge in [0.15, 0.2) is 11.5 Å². The van der Waals surface area contributed by atoms with Crippen molar-refractivity contribution in [2.75, 3.05) is 6.61 Å². The Hall–Kier alpha value is -2.90. The zero-order valence-electron chi connectivity index (χ0n) is 16.7. The molecule has 0 aromatic heterocycles. The number of hydrogen-bond donors (Lipinski definition) is 0. The molecule has 0 radical (unpaired) electrons. The van der Waals surface area contributed by atoms with Crippen molar-refractivity contribution in [1.29, 1.82) is 0 Å². The highest BCUT2D eigenvalue weighted by Crippen LogP contribution is 2.40. The first-order chi connectivity index (χ1) is 13.4. The van der Waals surface area contributed by atoms with Gasteiger partial charge in [0.25, 0.3) is 0 Å². The van der Waals surface area contributed by atoms with Gasteiger partial charge < -0.3 is 18.9 Å². The van der Waals surface area contributed by atoms with Crippen LogP contribution in [0, 0.1) is 0 Å². The first kappa shape index (κ1) is 23.1. The summed E-state index contributed by atoms with van der Waals surface area (Å²) in [4.78, 5) is 47.7. The monoisotopic (exact) mass is 394 g/mol. The van der Waals surface area contributed by atoms with E-state index < -0.39 is 23.9 Å². The number of hydrogen-bond acceptors (Lipinski definition) is 8. The molecule has 0 N–H and O–H groups in total. The van der Waals surface area contributed by atoms with Gasteiger partial charge in [0.2, 0.25) is 5.75 Å². The molecule has 1 aromatic carbocycles. The van der Waals surface area contributed by atoms with E-state index in [1.54, 1.807) is 20.8 Å². The molecule has 28 heavy (non-hydrogen) atoms. The minimum atomic E-state index is -0.676. The second kappa shape index (κ2) is 11.7. The van der Waals surface area contributed by atoms with Crippen LogP contribution in [0.25, 0.3) is 0 Å². The van der Waals surface area contributed by atoms with Crippen molar-refractivity contribution in [3.8, 4) is 17.2 Å². The molecule has 0 saturated heterocycles. The summed E-state index contributed by atoms with van der Waals surface area (Å²) in [6.07, 6.45) is 1.68. The molecule has 8 heteroatoms. The molecule has 0 aliphatic carbocycles. The van der Waals surface area contributed by atoms with Gasteiger partial charge in [-0.05, 0) is 18.6 Å². The molecule has 8 nitrogen and oxygen atoms in total. The molecule has 0 amide bonds. The Balaban J connectivity index is 3.41. The van der Waals surface area contributed by atoms with Gasteiger partial charge >= 0.3 is 23.9 Å². The van der Waals surface area contributed by atoms with E-state index >= 15 is 0 Å². The fourth-order valence-corrected chi connectivity index (χ4v) is 1.91. The van der Waals surface area contributed by atoms with Crippen LogP contribution in [0.3, 0.4) is 0 Å². The minimum absolute atomic E-state index is 0.00482. The Labute approximate surface area is 164 Å². The van der Waals surface area contributed by atoms with Crippen molar-refractivity contribution in [3.63, 3.8) is 0 Å². The number of carbonyl (C=O) groups excluding carboxylic acids is 4. The number of esters is 4. The smallest absolute Gasteiger partial charge is 0.338 e. The molecule has 1 aromatic rings. The predicted octanol–water partition coefficient (Wildman–Crippen LogP) is 3.59. The number of ether oxygens (including phenoxy) is 4. The molecular formula is C20H26O8. The maximum atomic E-state index is 12.3. The summed E-state index contributed by atoms with van der Waals surface area (Å²) in [5.74, 6) is -3.16. The maximum absolute atomic E-state index is 12.3. The summed E-state index contributed by atoms with van der Waals surface area (Å²) in [5, 5.41) is 0. The lowest BCUT2D eigenvalue weighted by atomic mass is 10.1. The Kier molecular flexibility index (Phi) is 9.70. The van der Waals surface area contributed by atoms with E-state index in [9.17, 15) is 19.2 Å². The molecule has 0 aliphatic rings. The maximum Gasteiger partial charge on any atom is 0.338 e. The fraction of sp³-hybridized carbons (Fsp3) is 0.500. The normalized spacial score (nSPS) is 10.1. The molecule has 0 heterocycles. The number of unbranched alkanes of at least 4 members (excludes halogenated alkanes) is 1. The highest BCUT2D eigenvalue weighted by atomic mass is 16.6. The molecule has 0 atom stereocenters. The Morgan fingerprint density at radius 3 is 1.64 bits per heavy atom. The Bertz CT molecular complexity index is 684. The van der Waals surface area contributed by atoms with Gasteiger partial charge in [-0.25, -0.2) is 4.79 Å². The van der Waals surface area contributed by atoms with Crippen LogP contribution in [-0.2, 0) is 19.1 Å². The lowest BCUT2D eigenvalue weighted by molar-refractivity contribution is -0.137. The van der Waals surface area contributed by atoms with Gasteiger partial charge in [-0.15, -0.1) is 0 Å². The summed E-state index contributed by atoms with van der Waals surface area (Å²) in [5.41, 5.74) is 0.00482. The lowest BCUT2D eigenvalue weighted by Crippen LogP contribution is -2.15. The number of benzene rings is 1. The van der Waals surface area contributed by atoms with Gasteiger partial charge in [0, 0.05) is 19.3 Å². The van der Waals surface area contributed by atoms with Crippen LogP contribution >= 0.6 is 0 Å². The lowest BCUT2D eigenvalue weighted by Gasteiger charge is -2.15. The van der Waals surface area contributed by atoms with Crippen LogP contribution in [0.15, 0.2) is 12.1 Å². The van der Waals surface area contributed by atoms with Crippen molar-refractivity contribution in [3.05, 3.63) is 17.7 Å².